The molecule has 0 bridgehead atoms. The molecule has 0 saturated heterocycles. The SMILES string of the molecule is C=Cc1c(O)c(C=C)c(O)c(C=C)c1O. The van der Waals surface area contributed by atoms with Gasteiger partial charge in [-0.15, -0.1) is 0 Å². The molecule has 0 aliphatic carbocycles. The number of benzene rings is 1. The summed E-state index contributed by atoms with van der Waals surface area (Å²) in [7, 11) is 0. The maximum absolute atomic E-state index is 9.67. The van der Waals surface area contributed by atoms with E-state index in [0.717, 1.165) is 0 Å². The molecule has 1 aromatic carbocycles. The molecule has 0 saturated carbocycles. The van der Waals surface area contributed by atoms with E-state index in [1.165, 1.54) is 18.2 Å². The highest BCUT2D eigenvalue weighted by molar-refractivity contribution is 5.82. The maximum atomic E-state index is 9.67. The van der Waals surface area contributed by atoms with Crippen molar-refractivity contribution in [3.63, 3.8) is 0 Å². The van der Waals surface area contributed by atoms with E-state index in [-0.39, 0.29) is 33.9 Å². The van der Waals surface area contributed by atoms with Gasteiger partial charge in [-0.2, -0.15) is 0 Å². The van der Waals surface area contributed by atoms with Gasteiger partial charge in [0.25, 0.3) is 0 Å². The summed E-state index contributed by atoms with van der Waals surface area (Å²) in [6.45, 7) is 10.4. The Morgan fingerprint density at radius 3 is 0.933 bits per heavy atom. The first-order valence-electron chi connectivity index (χ1n) is 4.26. The van der Waals surface area contributed by atoms with Gasteiger partial charge < -0.3 is 15.3 Å². The van der Waals surface area contributed by atoms with Crippen LogP contribution in [-0.2, 0) is 0 Å². The van der Waals surface area contributed by atoms with Crippen LogP contribution in [0.4, 0.5) is 0 Å². The molecule has 0 fully saturated rings. The third kappa shape index (κ3) is 1.48. The standard InChI is InChI=1S/C12H12O3/c1-4-7-10(13)8(5-2)12(15)9(6-3)11(7)14/h4-6,13-15H,1-3H2. The second-order valence-corrected chi connectivity index (χ2v) is 2.90. The van der Waals surface area contributed by atoms with E-state index in [2.05, 4.69) is 19.7 Å². The van der Waals surface area contributed by atoms with Gasteiger partial charge in [-0.1, -0.05) is 38.0 Å². The summed E-state index contributed by atoms with van der Waals surface area (Å²) >= 11 is 0. The van der Waals surface area contributed by atoms with Crippen LogP contribution in [0.15, 0.2) is 19.7 Å². The van der Waals surface area contributed by atoms with Gasteiger partial charge in [0.1, 0.15) is 17.2 Å². The molecule has 1 rings (SSSR count). The van der Waals surface area contributed by atoms with Crippen LogP contribution < -0.4 is 0 Å². The lowest BCUT2D eigenvalue weighted by atomic mass is 10.0. The minimum Gasteiger partial charge on any atom is -0.506 e. The fourth-order valence-electron chi connectivity index (χ4n) is 1.35. The van der Waals surface area contributed by atoms with Gasteiger partial charge >= 0.3 is 0 Å². The summed E-state index contributed by atoms with van der Waals surface area (Å²) in [4.78, 5) is 0. The number of aromatic hydroxyl groups is 3. The van der Waals surface area contributed by atoms with Crippen LogP contribution in [0.2, 0.25) is 0 Å². The Kier molecular flexibility index (Phi) is 2.85. The second-order valence-electron chi connectivity index (χ2n) is 2.90. The number of rotatable bonds is 3. The zero-order valence-corrected chi connectivity index (χ0v) is 8.20. The van der Waals surface area contributed by atoms with E-state index in [1.54, 1.807) is 0 Å². The lowest BCUT2D eigenvalue weighted by Crippen LogP contribution is -1.88. The van der Waals surface area contributed by atoms with Gasteiger partial charge in [0.05, 0.1) is 16.7 Å². The number of phenols is 3. The minimum absolute atomic E-state index is 0.151. The number of hydrogen-bond donors (Lipinski definition) is 3. The first-order chi connectivity index (χ1) is 7.08. The molecule has 78 valence electrons. The van der Waals surface area contributed by atoms with Crippen molar-refractivity contribution in [2.45, 2.75) is 0 Å². The van der Waals surface area contributed by atoms with Gasteiger partial charge in [-0.05, 0) is 0 Å². The number of phenolic OH excluding ortho intramolecular Hbond substituents is 3. The Bertz CT molecular complexity index is 357. The van der Waals surface area contributed by atoms with Crippen molar-refractivity contribution in [1.29, 1.82) is 0 Å². The molecule has 3 heteroatoms. The van der Waals surface area contributed by atoms with E-state index in [1.807, 2.05) is 0 Å². The minimum atomic E-state index is -0.249. The van der Waals surface area contributed by atoms with Crippen LogP contribution in [0.1, 0.15) is 16.7 Å². The topological polar surface area (TPSA) is 60.7 Å². The zero-order valence-electron chi connectivity index (χ0n) is 8.20. The second kappa shape index (κ2) is 3.92. The molecule has 0 radical (unpaired) electrons. The van der Waals surface area contributed by atoms with E-state index in [4.69, 9.17) is 0 Å². The predicted octanol–water partition coefficient (Wildman–Crippen LogP) is 2.73. The fraction of sp³-hybridized carbons (Fsp3) is 0. The van der Waals surface area contributed by atoms with Gasteiger partial charge in [-0.3, -0.25) is 0 Å². The molecule has 0 spiro atoms. The van der Waals surface area contributed by atoms with Crippen molar-refractivity contribution in [2.75, 3.05) is 0 Å². The quantitative estimate of drug-likeness (QED) is 0.709. The fourth-order valence-corrected chi connectivity index (χ4v) is 1.35. The predicted molar refractivity (Wildman–Crippen MR) is 61.7 cm³/mol. The summed E-state index contributed by atoms with van der Waals surface area (Å²) in [6.07, 6.45) is 3.89. The molecule has 0 aliphatic heterocycles. The molecule has 0 atom stereocenters. The molecule has 1 aromatic rings. The summed E-state index contributed by atoms with van der Waals surface area (Å²) in [5, 5.41) is 29.0. The zero-order chi connectivity index (χ0) is 11.6. The average Bonchev–Trinajstić information content (AvgIpc) is 2.19. The van der Waals surface area contributed by atoms with Crippen LogP contribution in [0.3, 0.4) is 0 Å². The highest BCUT2D eigenvalue weighted by atomic mass is 16.3. The summed E-state index contributed by atoms with van der Waals surface area (Å²) in [6, 6.07) is 0. The van der Waals surface area contributed by atoms with Crippen LogP contribution in [-0.4, -0.2) is 15.3 Å². The lowest BCUT2D eigenvalue weighted by Gasteiger charge is -2.12. The van der Waals surface area contributed by atoms with E-state index in [0.29, 0.717) is 0 Å². The summed E-state index contributed by atoms with van der Waals surface area (Å²) in [5.41, 5.74) is 0.452. The smallest absolute Gasteiger partial charge is 0.137 e. The van der Waals surface area contributed by atoms with Crippen LogP contribution in [0, 0.1) is 0 Å². The monoisotopic (exact) mass is 204 g/mol. The average molecular weight is 204 g/mol. The molecule has 0 unspecified atom stereocenters. The van der Waals surface area contributed by atoms with E-state index in [9.17, 15) is 15.3 Å². The molecule has 3 nitrogen and oxygen atoms in total. The Morgan fingerprint density at radius 1 is 0.600 bits per heavy atom. The van der Waals surface area contributed by atoms with Crippen LogP contribution in [0.5, 0.6) is 17.2 Å². The van der Waals surface area contributed by atoms with Gasteiger partial charge in [0.2, 0.25) is 0 Å². The Morgan fingerprint density at radius 2 is 0.800 bits per heavy atom. The van der Waals surface area contributed by atoms with E-state index >= 15 is 0 Å². The van der Waals surface area contributed by atoms with Crippen LogP contribution in [0.25, 0.3) is 18.2 Å². The van der Waals surface area contributed by atoms with E-state index < -0.39 is 0 Å². The normalized spacial score (nSPS) is 9.60. The van der Waals surface area contributed by atoms with Crippen molar-refractivity contribution in [2.24, 2.45) is 0 Å². The highest BCUT2D eigenvalue weighted by Crippen LogP contribution is 2.43. The molecule has 0 aromatic heterocycles. The Balaban J connectivity index is 3.79. The van der Waals surface area contributed by atoms with Gasteiger partial charge in [0, 0.05) is 0 Å². The maximum Gasteiger partial charge on any atom is 0.137 e. The molecule has 0 heterocycles. The molecular weight excluding hydrogens is 192 g/mol. The highest BCUT2D eigenvalue weighted by Gasteiger charge is 2.18. The van der Waals surface area contributed by atoms with Crippen molar-refractivity contribution in [3.05, 3.63) is 36.4 Å². The molecule has 0 aliphatic rings. The van der Waals surface area contributed by atoms with Gasteiger partial charge in [-0.25, -0.2) is 0 Å². The van der Waals surface area contributed by atoms with Crippen molar-refractivity contribution in [3.8, 4) is 17.2 Å². The first kappa shape index (κ1) is 10.9. The summed E-state index contributed by atoms with van der Waals surface area (Å²) in [5.74, 6) is -0.748. The molecular formula is C12H12O3. The van der Waals surface area contributed by atoms with Crippen molar-refractivity contribution in [1.82, 2.24) is 0 Å². The lowest BCUT2D eigenvalue weighted by molar-refractivity contribution is 0.423. The Hall–Kier alpha value is -2.16. The molecule has 15 heavy (non-hydrogen) atoms. The van der Waals surface area contributed by atoms with Gasteiger partial charge in [0.15, 0.2) is 0 Å². The third-order valence-corrected chi connectivity index (χ3v) is 2.14. The van der Waals surface area contributed by atoms with Crippen LogP contribution >= 0.6 is 0 Å². The molecule has 0 amide bonds. The largest absolute Gasteiger partial charge is 0.506 e. The summed E-state index contributed by atoms with van der Waals surface area (Å²) < 4.78 is 0. The Labute approximate surface area is 87.9 Å². The van der Waals surface area contributed by atoms with Crippen molar-refractivity contribution < 1.29 is 15.3 Å². The number of hydrogen-bond acceptors (Lipinski definition) is 3. The first-order valence-corrected chi connectivity index (χ1v) is 4.26. The van der Waals surface area contributed by atoms with Crippen molar-refractivity contribution >= 4 is 18.2 Å². The molecule has 3 N–H and O–H groups in total. The third-order valence-electron chi connectivity index (χ3n) is 2.14.